The van der Waals surface area contributed by atoms with E-state index in [1.165, 1.54) is 6.07 Å². The lowest BCUT2D eigenvalue weighted by Crippen LogP contribution is -2.14. The normalized spacial score (nSPS) is 13.0. The SMILES string of the molecule is Cc1ccc(C(N)Cc2cn3ccsc3n2)cc1F. The smallest absolute Gasteiger partial charge is 0.193 e. The second-order valence-electron chi connectivity index (χ2n) is 4.64. The van der Waals surface area contributed by atoms with Crippen LogP contribution in [0.3, 0.4) is 0 Å². The third-order valence-corrected chi connectivity index (χ3v) is 3.97. The van der Waals surface area contributed by atoms with Crippen molar-refractivity contribution in [2.24, 2.45) is 5.73 Å². The maximum Gasteiger partial charge on any atom is 0.193 e. The van der Waals surface area contributed by atoms with E-state index in [-0.39, 0.29) is 11.9 Å². The highest BCUT2D eigenvalue weighted by Crippen LogP contribution is 2.20. The Morgan fingerprint density at radius 2 is 2.32 bits per heavy atom. The average molecular weight is 275 g/mol. The number of nitrogens with zero attached hydrogens (tertiary/aromatic N) is 2. The van der Waals surface area contributed by atoms with Gasteiger partial charge in [-0.15, -0.1) is 11.3 Å². The molecule has 0 aliphatic rings. The van der Waals surface area contributed by atoms with Crippen molar-refractivity contribution in [3.05, 3.63) is 58.6 Å². The van der Waals surface area contributed by atoms with E-state index in [9.17, 15) is 4.39 Å². The Kier molecular flexibility index (Phi) is 3.08. The molecular weight excluding hydrogens is 261 g/mol. The van der Waals surface area contributed by atoms with Crippen molar-refractivity contribution in [1.82, 2.24) is 9.38 Å². The zero-order valence-corrected chi connectivity index (χ0v) is 11.3. The van der Waals surface area contributed by atoms with Crippen LogP contribution in [0.15, 0.2) is 36.0 Å². The summed E-state index contributed by atoms with van der Waals surface area (Å²) in [5, 5.41) is 1.99. The summed E-state index contributed by atoms with van der Waals surface area (Å²) in [4.78, 5) is 5.44. The molecular formula is C14H14FN3S. The molecule has 0 spiro atoms. The molecule has 1 aromatic carbocycles. The maximum absolute atomic E-state index is 13.5. The second kappa shape index (κ2) is 4.75. The first-order chi connectivity index (χ1) is 9.13. The van der Waals surface area contributed by atoms with Gasteiger partial charge >= 0.3 is 0 Å². The molecule has 3 aromatic rings. The number of fused-ring (bicyclic) bond motifs is 1. The Bertz CT molecular complexity index is 688. The number of rotatable bonds is 3. The third kappa shape index (κ3) is 2.39. The summed E-state index contributed by atoms with van der Waals surface area (Å²) in [6.07, 6.45) is 4.54. The summed E-state index contributed by atoms with van der Waals surface area (Å²) < 4.78 is 15.5. The summed E-state index contributed by atoms with van der Waals surface area (Å²) in [5.41, 5.74) is 8.50. The fourth-order valence-electron chi connectivity index (χ4n) is 2.06. The van der Waals surface area contributed by atoms with Gasteiger partial charge in [0.05, 0.1) is 5.69 Å². The molecule has 3 rings (SSSR count). The number of nitrogens with two attached hydrogens (primary N) is 1. The van der Waals surface area contributed by atoms with Crippen LogP contribution in [0.25, 0.3) is 4.96 Å². The van der Waals surface area contributed by atoms with Gasteiger partial charge < -0.3 is 5.73 Å². The van der Waals surface area contributed by atoms with Crippen molar-refractivity contribution >= 4 is 16.3 Å². The molecule has 0 bridgehead atoms. The van der Waals surface area contributed by atoms with Crippen LogP contribution >= 0.6 is 11.3 Å². The number of aryl methyl sites for hydroxylation is 1. The van der Waals surface area contributed by atoms with Crippen molar-refractivity contribution in [3.8, 4) is 0 Å². The Morgan fingerprint density at radius 1 is 1.47 bits per heavy atom. The highest BCUT2D eigenvalue weighted by Gasteiger charge is 2.12. The molecule has 98 valence electrons. The first kappa shape index (κ1) is 12.3. The van der Waals surface area contributed by atoms with Crippen LogP contribution in [0.1, 0.15) is 22.9 Å². The Morgan fingerprint density at radius 3 is 3.05 bits per heavy atom. The lowest BCUT2D eigenvalue weighted by molar-refractivity contribution is 0.609. The lowest BCUT2D eigenvalue weighted by atomic mass is 10.0. The summed E-state index contributed by atoms with van der Waals surface area (Å²) in [6.45, 7) is 1.74. The number of halogens is 1. The molecule has 19 heavy (non-hydrogen) atoms. The van der Waals surface area contributed by atoms with E-state index in [0.717, 1.165) is 16.2 Å². The topological polar surface area (TPSA) is 43.3 Å². The van der Waals surface area contributed by atoms with E-state index in [1.54, 1.807) is 24.3 Å². The van der Waals surface area contributed by atoms with E-state index >= 15 is 0 Å². The quantitative estimate of drug-likeness (QED) is 0.798. The van der Waals surface area contributed by atoms with Crippen molar-refractivity contribution < 1.29 is 4.39 Å². The van der Waals surface area contributed by atoms with Gasteiger partial charge in [-0.1, -0.05) is 12.1 Å². The molecule has 0 fully saturated rings. The summed E-state index contributed by atoms with van der Waals surface area (Å²) in [6, 6.07) is 4.91. The van der Waals surface area contributed by atoms with Gasteiger partial charge in [-0.2, -0.15) is 0 Å². The van der Waals surface area contributed by atoms with Crippen LogP contribution in [0.5, 0.6) is 0 Å². The molecule has 0 saturated heterocycles. The zero-order valence-electron chi connectivity index (χ0n) is 10.5. The van der Waals surface area contributed by atoms with Crippen molar-refractivity contribution in [3.63, 3.8) is 0 Å². The van der Waals surface area contributed by atoms with E-state index in [2.05, 4.69) is 4.98 Å². The van der Waals surface area contributed by atoms with Gasteiger partial charge in [-0.3, -0.25) is 4.40 Å². The van der Waals surface area contributed by atoms with Crippen LogP contribution in [-0.4, -0.2) is 9.38 Å². The van der Waals surface area contributed by atoms with Gasteiger partial charge in [0.25, 0.3) is 0 Å². The van der Waals surface area contributed by atoms with E-state index in [4.69, 9.17) is 5.73 Å². The largest absolute Gasteiger partial charge is 0.324 e. The fourth-order valence-corrected chi connectivity index (χ4v) is 2.78. The van der Waals surface area contributed by atoms with Crippen LogP contribution in [0.4, 0.5) is 4.39 Å². The number of imidazole rings is 1. The standard InChI is InChI=1S/C14H14FN3S/c1-9-2-3-10(6-12(9)15)13(16)7-11-8-18-4-5-19-14(18)17-11/h2-6,8,13H,7,16H2,1H3. The number of aromatic nitrogens is 2. The Balaban J connectivity index is 1.82. The van der Waals surface area contributed by atoms with Gasteiger partial charge in [-0.05, 0) is 24.1 Å². The van der Waals surface area contributed by atoms with Crippen LogP contribution < -0.4 is 5.73 Å². The first-order valence-electron chi connectivity index (χ1n) is 6.06. The molecule has 2 N–H and O–H groups in total. The van der Waals surface area contributed by atoms with Gasteiger partial charge in [0.1, 0.15) is 5.82 Å². The fraction of sp³-hybridized carbons (Fsp3) is 0.214. The van der Waals surface area contributed by atoms with Gasteiger partial charge in [0.15, 0.2) is 4.96 Å². The van der Waals surface area contributed by atoms with Gasteiger partial charge in [0.2, 0.25) is 0 Å². The molecule has 0 aliphatic heterocycles. The molecule has 0 radical (unpaired) electrons. The minimum Gasteiger partial charge on any atom is -0.324 e. The van der Waals surface area contributed by atoms with E-state index < -0.39 is 0 Å². The monoisotopic (exact) mass is 275 g/mol. The number of benzene rings is 1. The average Bonchev–Trinajstić information content (AvgIpc) is 2.93. The van der Waals surface area contributed by atoms with Gasteiger partial charge in [-0.25, -0.2) is 9.37 Å². The molecule has 5 heteroatoms. The molecule has 0 aliphatic carbocycles. The highest BCUT2D eigenvalue weighted by molar-refractivity contribution is 7.15. The van der Waals surface area contributed by atoms with E-state index in [0.29, 0.717) is 12.0 Å². The zero-order chi connectivity index (χ0) is 13.4. The Hall–Kier alpha value is -1.72. The summed E-state index contributed by atoms with van der Waals surface area (Å²) >= 11 is 1.59. The predicted molar refractivity (Wildman–Crippen MR) is 74.8 cm³/mol. The maximum atomic E-state index is 13.5. The van der Waals surface area contributed by atoms with Crippen molar-refractivity contribution in [2.75, 3.05) is 0 Å². The summed E-state index contributed by atoms with van der Waals surface area (Å²) in [7, 11) is 0. The van der Waals surface area contributed by atoms with Gasteiger partial charge in [0, 0.05) is 30.2 Å². The van der Waals surface area contributed by atoms with Crippen LogP contribution in [-0.2, 0) is 6.42 Å². The second-order valence-corrected chi connectivity index (χ2v) is 5.52. The van der Waals surface area contributed by atoms with E-state index in [1.807, 2.05) is 28.2 Å². The third-order valence-electron chi connectivity index (χ3n) is 3.20. The number of hydrogen-bond donors (Lipinski definition) is 1. The highest BCUT2D eigenvalue weighted by atomic mass is 32.1. The Labute approximate surface area is 114 Å². The van der Waals surface area contributed by atoms with Crippen LogP contribution in [0, 0.1) is 12.7 Å². The minimum atomic E-state index is -0.236. The van der Waals surface area contributed by atoms with Crippen LogP contribution in [0.2, 0.25) is 0 Å². The minimum absolute atomic E-state index is 0.209. The molecule has 2 heterocycles. The predicted octanol–water partition coefficient (Wildman–Crippen LogP) is 3.09. The summed E-state index contributed by atoms with van der Waals surface area (Å²) in [5.74, 6) is -0.209. The number of hydrogen-bond acceptors (Lipinski definition) is 3. The molecule has 3 nitrogen and oxygen atoms in total. The first-order valence-corrected chi connectivity index (χ1v) is 6.94. The van der Waals surface area contributed by atoms with Crippen molar-refractivity contribution in [2.45, 2.75) is 19.4 Å². The molecule has 0 saturated carbocycles. The number of thiazole rings is 1. The molecule has 1 unspecified atom stereocenters. The molecule has 1 atom stereocenters. The molecule has 0 amide bonds. The lowest BCUT2D eigenvalue weighted by Gasteiger charge is -2.11. The molecule has 2 aromatic heterocycles. The van der Waals surface area contributed by atoms with Crippen molar-refractivity contribution in [1.29, 1.82) is 0 Å².